The third kappa shape index (κ3) is 5.16. The van der Waals surface area contributed by atoms with Gasteiger partial charge in [0.1, 0.15) is 5.75 Å². The average molecular weight is 427 g/mol. The Morgan fingerprint density at radius 3 is 2.32 bits per heavy atom. The molecule has 4 heteroatoms. The van der Waals surface area contributed by atoms with E-state index in [1.165, 1.54) is 44.2 Å². The molecule has 0 saturated heterocycles. The molecule has 2 aromatic carbocycles. The van der Waals surface area contributed by atoms with Gasteiger partial charge in [-0.2, -0.15) is 0 Å². The number of fused-ring (bicyclic) bond motifs is 1. The largest absolute Gasteiger partial charge is 0.426 e. The number of hydrogen-bond donors (Lipinski definition) is 0. The molecule has 2 aromatic rings. The smallest absolute Gasteiger partial charge is 0.314 e. The van der Waals surface area contributed by atoms with E-state index in [1.54, 1.807) is 12.1 Å². The van der Waals surface area contributed by atoms with Crippen LogP contribution in [-0.4, -0.2) is 5.97 Å². The third-order valence-corrected chi connectivity index (χ3v) is 7.54. The highest BCUT2D eigenvalue weighted by molar-refractivity contribution is 5.85. The molecule has 0 aliphatic heterocycles. The molecular formula is C27H32F2O2. The summed E-state index contributed by atoms with van der Waals surface area (Å²) in [5, 5.41) is 0.719. The van der Waals surface area contributed by atoms with Crippen LogP contribution in [0.4, 0.5) is 8.78 Å². The summed E-state index contributed by atoms with van der Waals surface area (Å²) in [6.45, 7) is 3.83. The van der Waals surface area contributed by atoms with Gasteiger partial charge in [0.15, 0.2) is 11.6 Å². The summed E-state index contributed by atoms with van der Waals surface area (Å²) >= 11 is 0. The van der Waals surface area contributed by atoms with Crippen molar-refractivity contribution < 1.29 is 18.3 Å². The van der Waals surface area contributed by atoms with Crippen LogP contribution in [0.1, 0.15) is 64.2 Å². The minimum Gasteiger partial charge on any atom is -0.426 e. The number of rotatable bonds is 6. The van der Waals surface area contributed by atoms with Crippen LogP contribution in [0.25, 0.3) is 10.8 Å². The predicted molar refractivity (Wildman–Crippen MR) is 120 cm³/mol. The number of carbonyl (C=O) groups excluding carboxylic acids is 1. The maximum Gasteiger partial charge on any atom is 0.314 e. The highest BCUT2D eigenvalue weighted by Gasteiger charge is 2.33. The molecule has 0 atom stereocenters. The van der Waals surface area contributed by atoms with Gasteiger partial charge in [0.05, 0.1) is 5.92 Å². The van der Waals surface area contributed by atoms with Crippen molar-refractivity contribution in [1.82, 2.24) is 0 Å². The summed E-state index contributed by atoms with van der Waals surface area (Å²) in [5.74, 6) is 0.795. The maximum atomic E-state index is 13.9. The first-order valence-electron chi connectivity index (χ1n) is 11.8. The van der Waals surface area contributed by atoms with E-state index in [4.69, 9.17) is 4.74 Å². The number of hydrogen-bond acceptors (Lipinski definition) is 2. The molecule has 2 aliphatic carbocycles. The van der Waals surface area contributed by atoms with Crippen molar-refractivity contribution in [1.29, 1.82) is 0 Å². The Bertz CT molecular complexity index is 922. The Hall–Kier alpha value is -2.23. The van der Waals surface area contributed by atoms with Gasteiger partial charge in [-0.15, -0.1) is 6.58 Å². The van der Waals surface area contributed by atoms with Gasteiger partial charge in [-0.1, -0.05) is 25.0 Å². The molecule has 0 bridgehead atoms. The summed E-state index contributed by atoms with van der Waals surface area (Å²) in [6.07, 6.45) is 13.7. The summed E-state index contributed by atoms with van der Waals surface area (Å²) in [6, 6.07) is 7.21. The monoisotopic (exact) mass is 426 g/mol. The Balaban J connectivity index is 1.27. The Morgan fingerprint density at radius 2 is 1.65 bits per heavy atom. The van der Waals surface area contributed by atoms with Crippen LogP contribution < -0.4 is 4.74 Å². The second-order valence-electron chi connectivity index (χ2n) is 9.42. The van der Waals surface area contributed by atoms with Crippen LogP contribution in [0.15, 0.2) is 43.0 Å². The van der Waals surface area contributed by atoms with Crippen LogP contribution in [-0.2, 0) is 4.79 Å². The molecule has 4 rings (SSSR count). The van der Waals surface area contributed by atoms with Gasteiger partial charge in [-0.3, -0.25) is 4.79 Å². The molecule has 2 aliphatic rings. The molecule has 31 heavy (non-hydrogen) atoms. The Kier molecular flexibility index (Phi) is 7.04. The van der Waals surface area contributed by atoms with Crippen molar-refractivity contribution in [2.75, 3.05) is 0 Å². The van der Waals surface area contributed by atoms with E-state index in [0.717, 1.165) is 55.9 Å². The summed E-state index contributed by atoms with van der Waals surface area (Å²) < 4.78 is 32.8. The fourth-order valence-electron chi connectivity index (χ4n) is 5.63. The number of halogens is 2. The van der Waals surface area contributed by atoms with Crippen LogP contribution in [0.2, 0.25) is 0 Å². The molecule has 2 saturated carbocycles. The predicted octanol–water partition coefficient (Wildman–Crippen LogP) is 7.60. The van der Waals surface area contributed by atoms with Crippen LogP contribution in [0, 0.1) is 35.3 Å². The fourth-order valence-corrected chi connectivity index (χ4v) is 5.63. The zero-order valence-corrected chi connectivity index (χ0v) is 18.1. The van der Waals surface area contributed by atoms with Gasteiger partial charge >= 0.3 is 5.97 Å². The van der Waals surface area contributed by atoms with Crippen molar-refractivity contribution in [2.24, 2.45) is 23.7 Å². The lowest BCUT2D eigenvalue weighted by molar-refractivity contribution is -0.140. The van der Waals surface area contributed by atoms with Gasteiger partial charge < -0.3 is 4.74 Å². The van der Waals surface area contributed by atoms with Crippen LogP contribution in [0.5, 0.6) is 5.75 Å². The number of allylic oxidation sites excluding steroid dienone is 1. The second kappa shape index (κ2) is 9.93. The topological polar surface area (TPSA) is 26.3 Å². The molecule has 0 N–H and O–H groups in total. The molecule has 2 fully saturated rings. The number of esters is 1. The van der Waals surface area contributed by atoms with Crippen molar-refractivity contribution >= 4 is 16.7 Å². The molecular weight excluding hydrogens is 394 g/mol. The Morgan fingerprint density at radius 1 is 0.968 bits per heavy atom. The van der Waals surface area contributed by atoms with Gasteiger partial charge in [0.2, 0.25) is 0 Å². The zero-order chi connectivity index (χ0) is 21.8. The first kappa shape index (κ1) is 22.0. The summed E-state index contributed by atoms with van der Waals surface area (Å²) in [7, 11) is 0. The lowest BCUT2D eigenvalue weighted by Crippen LogP contribution is -2.30. The molecule has 0 amide bonds. The van der Waals surface area contributed by atoms with E-state index >= 15 is 0 Å². The number of ether oxygens (including phenoxy) is 1. The maximum absolute atomic E-state index is 13.9. The Labute approximate surface area is 183 Å². The van der Waals surface area contributed by atoms with Crippen LogP contribution in [0.3, 0.4) is 0 Å². The SMILES string of the molecule is C=CCCC1CCC(C2CCC(C(=O)Oc3ccc4c(F)c(F)ccc4c3)CC2)CC1. The second-order valence-corrected chi connectivity index (χ2v) is 9.42. The summed E-state index contributed by atoms with van der Waals surface area (Å²) in [4.78, 5) is 12.7. The van der Waals surface area contributed by atoms with Gasteiger partial charge in [0, 0.05) is 5.39 Å². The van der Waals surface area contributed by atoms with Crippen LogP contribution >= 0.6 is 0 Å². The normalized spacial score (nSPS) is 26.5. The molecule has 2 nitrogen and oxygen atoms in total. The summed E-state index contributed by atoms with van der Waals surface area (Å²) in [5.41, 5.74) is 0. The molecule has 0 heterocycles. The fraction of sp³-hybridized carbons (Fsp3) is 0.519. The minimum atomic E-state index is -0.876. The van der Waals surface area contributed by atoms with E-state index < -0.39 is 11.6 Å². The van der Waals surface area contributed by atoms with Crippen molar-refractivity contribution in [3.63, 3.8) is 0 Å². The quantitative estimate of drug-likeness (QED) is 0.270. The lowest BCUT2D eigenvalue weighted by Gasteiger charge is -2.37. The molecule has 0 spiro atoms. The first-order chi connectivity index (χ1) is 15.0. The van der Waals surface area contributed by atoms with E-state index in [-0.39, 0.29) is 17.3 Å². The minimum absolute atomic E-state index is 0.0687. The number of carbonyl (C=O) groups is 1. The van der Waals surface area contributed by atoms with Crippen molar-refractivity contribution in [3.8, 4) is 5.75 Å². The zero-order valence-electron chi connectivity index (χ0n) is 18.1. The van der Waals surface area contributed by atoms with Crippen molar-refractivity contribution in [3.05, 3.63) is 54.6 Å². The lowest BCUT2D eigenvalue weighted by atomic mass is 9.69. The number of benzene rings is 2. The molecule has 0 aromatic heterocycles. The first-order valence-corrected chi connectivity index (χ1v) is 11.8. The molecule has 0 radical (unpaired) electrons. The van der Waals surface area contributed by atoms with Gasteiger partial charge in [-0.05, 0) is 98.8 Å². The van der Waals surface area contributed by atoms with Gasteiger partial charge in [0.25, 0.3) is 0 Å². The highest BCUT2D eigenvalue weighted by atomic mass is 19.2. The van der Waals surface area contributed by atoms with Gasteiger partial charge in [-0.25, -0.2) is 8.78 Å². The highest BCUT2D eigenvalue weighted by Crippen LogP contribution is 2.42. The van der Waals surface area contributed by atoms with E-state index in [0.29, 0.717) is 11.1 Å². The average Bonchev–Trinajstić information content (AvgIpc) is 2.80. The molecule has 166 valence electrons. The van der Waals surface area contributed by atoms with Crippen molar-refractivity contribution in [2.45, 2.75) is 64.2 Å². The molecule has 0 unspecified atom stereocenters. The van der Waals surface area contributed by atoms with E-state index in [2.05, 4.69) is 6.58 Å². The van der Waals surface area contributed by atoms with E-state index in [1.807, 2.05) is 6.08 Å². The third-order valence-electron chi connectivity index (χ3n) is 7.54. The van der Waals surface area contributed by atoms with E-state index in [9.17, 15) is 13.6 Å². The standard InChI is InChI=1S/C27H32F2O2/c1-2-3-4-18-5-7-19(8-6-18)20-9-11-21(12-10-20)27(30)31-23-14-15-24-22(17-23)13-16-25(28)26(24)29/h2,13-21H,1,3-12H2.